The molecule has 3 N–H and O–H groups in total. The van der Waals surface area contributed by atoms with Crippen LogP contribution in [0.15, 0.2) is 53.5 Å². The van der Waals surface area contributed by atoms with Crippen LogP contribution in [0.4, 0.5) is 18.0 Å². The maximum Gasteiger partial charge on any atom is 0.442 e. The molecule has 11 heteroatoms. The molecule has 32 heavy (non-hydrogen) atoms. The third-order valence-electron chi connectivity index (χ3n) is 4.75. The molecule has 170 valence electrons. The molecule has 0 bridgehead atoms. The molecule has 0 saturated heterocycles. The van der Waals surface area contributed by atoms with Gasteiger partial charge in [0.15, 0.2) is 11.5 Å². The number of aliphatic imine (C=N–C) groups is 1. The van der Waals surface area contributed by atoms with Crippen molar-refractivity contribution < 1.29 is 37.7 Å². The van der Waals surface area contributed by atoms with Gasteiger partial charge in [0.05, 0.1) is 6.61 Å². The number of aromatic hydroxyl groups is 2. The van der Waals surface area contributed by atoms with Crippen LogP contribution in [-0.4, -0.2) is 57.9 Å². The molecule has 0 spiro atoms. The van der Waals surface area contributed by atoms with Crippen LogP contribution in [-0.2, 0) is 16.0 Å². The Morgan fingerprint density at radius 2 is 1.84 bits per heavy atom. The number of carbonyl (C=O) groups excluding carboxylic acids is 2. The Morgan fingerprint density at radius 3 is 2.44 bits per heavy atom. The first-order chi connectivity index (χ1) is 15.1. The summed E-state index contributed by atoms with van der Waals surface area (Å²) < 4.78 is 46.9. The average molecular weight is 451 g/mol. The highest BCUT2D eigenvalue weighted by Crippen LogP contribution is 2.38. The maximum atomic E-state index is 14.1. The lowest BCUT2D eigenvalue weighted by Crippen LogP contribution is -2.63. The normalized spacial score (nSPS) is 18.4. The van der Waals surface area contributed by atoms with Crippen molar-refractivity contribution in [1.29, 1.82) is 0 Å². The number of phenolic OH excluding ortho intramolecular Hbond substituents is 2. The van der Waals surface area contributed by atoms with Crippen molar-refractivity contribution in [2.45, 2.75) is 25.2 Å². The number of halogens is 3. The third kappa shape index (κ3) is 4.32. The van der Waals surface area contributed by atoms with Crippen molar-refractivity contribution >= 4 is 17.8 Å². The number of alkyl carbamates (subject to hydrolysis) is 1. The number of carbonyl (C=O) groups is 2. The minimum absolute atomic E-state index is 0.0405. The summed E-state index contributed by atoms with van der Waals surface area (Å²) in [6.45, 7) is 0.977. The summed E-state index contributed by atoms with van der Waals surface area (Å²) in [7, 11) is 0. The second-order valence-corrected chi connectivity index (χ2v) is 6.88. The van der Waals surface area contributed by atoms with E-state index in [4.69, 9.17) is 0 Å². The highest BCUT2D eigenvalue weighted by Gasteiger charge is 2.67. The number of nitrogens with one attached hydrogen (secondary N) is 1. The van der Waals surface area contributed by atoms with E-state index in [1.54, 1.807) is 23.5 Å². The molecule has 0 aliphatic carbocycles. The van der Waals surface area contributed by atoms with Gasteiger partial charge in [0.1, 0.15) is 5.84 Å². The molecule has 0 fully saturated rings. The number of amides is 2. The molecule has 1 atom stereocenters. The molecule has 3 rings (SSSR count). The van der Waals surface area contributed by atoms with Crippen molar-refractivity contribution in [3.05, 3.63) is 59.7 Å². The van der Waals surface area contributed by atoms with Crippen LogP contribution in [0.1, 0.15) is 18.1 Å². The number of phenols is 2. The largest absolute Gasteiger partial charge is 0.504 e. The van der Waals surface area contributed by atoms with Gasteiger partial charge in [-0.3, -0.25) is 15.0 Å². The molecule has 0 radical (unpaired) electrons. The smallest absolute Gasteiger partial charge is 0.442 e. The van der Waals surface area contributed by atoms with Crippen LogP contribution in [0.2, 0.25) is 0 Å². The van der Waals surface area contributed by atoms with E-state index in [-0.39, 0.29) is 36.7 Å². The standard InChI is InChI=1S/C21H20F3N3O5/c1-2-32-19(31)26-20(21(22,23)24)18(30)27(17(25-20)14-6-4-3-5-7-14)11-10-13-8-9-15(28)16(29)12-13/h3-9,12,28-29H,2,10-11H2,1H3,(H,26,31). The summed E-state index contributed by atoms with van der Waals surface area (Å²) in [5.74, 6) is -2.51. The molecule has 2 aromatic rings. The SMILES string of the molecule is CCOC(=O)NC1(C(F)(F)F)N=C(c2ccccc2)N(CCc2ccc(O)c(O)c2)C1=O. The number of nitrogens with zero attached hydrogens (tertiary/aromatic N) is 2. The van der Waals surface area contributed by atoms with Crippen molar-refractivity contribution in [3.63, 3.8) is 0 Å². The van der Waals surface area contributed by atoms with Gasteiger partial charge in [0.25, 0.3) is 5.91 Å². The summed E-state index contributed by atoms with van der Waals surface area (Å²) >= 11 is 0. The molecule has 2 aromatic carbocycles. The average Bonchev–Trinajstić information content (AvgIpc) is 3.02. The Hall–Kier alpha value is -3.76. The van der Waals surface area contributed by atoms with Crippen LogP contribution >= 0.6 is 0 Å². The second kappa shape index (κ2) is 8.77. The zero-order valence-electron chi connectivity index (χ0n) is 16.9. The van der Waals surface area contributed by atoms with Gasteiger partial charge in [-0.25, -0.2) is 9.79 Å². The number of hydrogen-bond acceptors (Lipinski definition) is 6. The van der Waals surface area contributed by atoms with Gasteiger partial charge in [-0.15, -0.1) is 0 Å². The van der Waals surface area contributed by atoms with E-state index in [2.05, 4.69) is 9.73 Å². The monoisotopic (exact) mass is 451 g/mol. The quantitative estimate of drug-likeness (QED) is 0.585. The lowest BCUT2D eigenvalue weighted by Gasteiger charge is -2.28. The van der Waals surface area contributed by atoms with Crippen LogP contribution in [0.5, 0.6) is 11.5 Å². The van der Waals surface area contributed by atoms with E-state index < -0.39 is 29.6 Å². The van der Waals surface area contributed by atoms with E-state index in [1.165, 1.54) is 37.3 Å². The predicted octanol–water partition coefficient (Wildman–Crippen LogP) is 2.93. The number of rotatable bonds is 6. The summed E-state index contributed by atoms with van der Waals surface area (Å²) in [4.78, 5) is 29.4. The second-order valence-electron chi connectivity index (χ2n) is 6.88. The van der Waals surface area contributed by atoms with E-state index in [9.17, 15) is 33.0 Å². The van der Waals surface area contributed by atoms with Gasteiger partial charge >= 0.3 is 17.9 Å². The summed E-state index contributed by atoms with van der Waals surface area (Å²) in [5.41, 5.74) is -2.84. The number of alkyl halides is 3. The fourth-order valence-corrected chi connectivity index (χ4v) is 3.19. The number of amidine groups is 1. The summed E-state index contributed by atoms with van der Waals surface area (Å²) in [5, 5.41) is 20.7. The Labute approximate surface area is 180 Å². The minimum Gasteiger partial charge on any atom is -0.504 e. The highest BCUT2D eigenvalue weighted by atomic mass is 19.4. The van der Waals surface area contributed by atoms with Crippen molar-refractivity contribution in [3.8, 4) is 11.5 Å². The van der Waals surface area contributed by atoms with Gasteiger partial charge < -0.3 is 14.9 Å². The molecule has 1 heterocycles. The van der Waals surface area contributed by atoms with Gasteiger partial charge in [-0.1, -0.05) is 36.4 Å². The number of hydrogen-bond donors (Lipinski definition) is 3. The predicted molar refractivity (Wildman–Crippen MR) is 107 cm³/mol. The lowest BCUT2D eigenvalue weighted by molar-refractivity contribution is -0.196. The fourth-order valence-electron chi connectivity index (χ4n) is 3.19. The third-order valence-corrected chi connectivity index (χ3v) is 4.75. The van der Waals surface area contributed by atoms with Gasteiger partial charge in [0.2, 0.25) is 0 Å². The van der Waals surface area contributed by atoms with Crippen LogP contribution < -0.4 is 5.32 Å². The fraction of sp³-hybridized carbons (Fsp3) is 0.286. The Morgan fingerprint density at radius 1 is 1.16 bits per heavy atom. The first-order valence-corrected chi connectivity index (χ1v) is 9.59. The molecule has 2 amide bonds. The Balaban J connectivity index is 2.01. The van der Waals surface area contributed by atoms with Crippen molar-refractivity contribution in [2.24, 2.45) is 4.99 Å². The Bertz CT molecular complexity index is 1040. The first-order valence-electron chi connectivity index (χ1n) is 9.59. The highest BCUT2D eigenvalue weighted by molar-refractivity contribution is 6.16. The molecule has 0 saturated carbocycles. The zero-order chi connectivity index (χ0) is 23.5. The molecule has 1 unspecified atom stereocenters. The van der Waals surface area contributed by atoms with E-state index >= 15 is 0 Å². The van der Waals surface area contributed by atoms with Crippen LogP contribution in [0.25, 0.3) is 0 Å². The molecular weight excluding hydrogens is 431 g/mol. The van der Waals surface area contributed by atoms with Gasteiger partial charge in [-0.05, 0) is 31.0 Å². The first kappa shape index (κ1) is 22.9. The van der Waals surface area contributed by atoms with Crippen LogP contribution in [0, 0.1) is 0 Å². The molecule has 8 nitrogen and oxygen atoms in total. The summed E-state index contributed by atoms with van der Waals surface area (Å²) in [6.07, 6.45) is -6.64. The minimum atomic E-state index is -5.25. The van der Waals surface area contributed by atoms with Gasteiger partial charge in [0, 0.05) is 12.1 Å². The number of ether oxygens (including phenoxy) is 1. The topological polar surface area (TPSA) is 111 Å². The van der Waals surface area contributed by atoms with Crippen molar-refractivity contribution in [2.75, 3.05) is 13.2 Å². The molecule has 1 aliphatic heterocycles. The number of benzene rings is 2. The molecule has 0 aromatic heterocycles. The van der Waals surface area contributed by atoms with E-state index in [0.717, 1.165) is 4.90 Å². The summed E-state index contributed by atoms with van der Waals surface area (Å²) in [6, 6.07) is 11.7. The Kier molecular flexibility index (Phi) is 6.28. The molecular formula is C21H20F3N3O5. The van der Waals surface area contributed by atoms with Crippen LogP contribution in [0.3, 0.4) is 0 Å². The van der Waals surface area contributed by atoms with E-state index in [0.29, 0.717) is 5.56 Å². The van der Waals surface area contributed by atoms with E-state index in [1.807, 2.05) is 0 Å². The maximum absolute atomic E-state index is 14.1. The zero-order valence-corrected chi connectivity index (χ0v) is 16.9. The molecule has 1 aliphatic rings. The van der Waals surface area contributed by atoms with Gasteiger partial charge in [-0.2, -0.15) is 13.2 Å². The van der Waals surface area contributed by atoms with Crippen molar-refractivity contribution in [1.82, 2.24) is 10.2 Å². The lowest BCUT2D eigenvalue weighted by atomic mass is 10.1.